The summed E-state index contributed by atoms with van der Waals surface area (Å²) >= 11 is 0. The van der Waals surface area contributed by atoms with Crippen molar-refractivity contribution in [1.29, 1.82) is 0 Å². The molecule has 1 aliphatic carbocycles. The number of amides is 1. The maximum atomic E-state index is 11.7. The van der Waals surface area contributed by atoms with Gasteiger partial charge in [0.15, 0.2) is 0 Å². The van der Waals surface area contributed by atoms with Gasteiger partial charge in [0.2, 0.25) is 5.91 Å². The summed E-state index contributed by atoms with van der Waals surface area (Å²) in [7, 11) is 0. The molecule has 0 aliphatic heterocycles. The Morgan fingerprint density at radius 3 is 2.78 bits per heavy atom. The number of nitrogens with two attached hydrogens (primary N) is 1. The molecule has 0 atom stereocenters. The molecule has 0 spiro atoms. The molecule has 0 aromatic carbocycles. The molecule has 1 fully saturated rings. The van der Waals surface area contributed by atoms with E-state index in [1.165, 1.54) is 6.20 Å². The van der Waals surface area contributed by atoms with Gasteiger partial charge in [-0.05, 0) is 25.0 Å². The number of hydrogen-bond acceptors (Lipinski definition) is 4. The van der Waals surface area contributed by atoms with Crippen LogP contribution < -0.4 is 11.1 Å². The smallest absolute Gasteiger partial charge is 0.226 e. The van der Waals surface area contributed by atoms with Crippen molar-refractivity contribution in [3.63, 3.8) is 0 Å². The lowest BCUT2D eigenvalue weighted by Gasteiger charge is -2.22. The molecule has 0 saturated heterocycles. The first-order valence-electron chi connectivity index (χ1n) is 6.27. The van der Waals surface area contributed by atoms with Crippen molar-refractivity contribution >= 4 is 11.6 Å². The third-order valence-corrected chi connectivity index (χ3v) is 3.34. The van der Waals surface area contributed by atoms with Crippen molar-refractivity contribution in [3.8, 4) is 0 Å². The van der Waals surface area contributed by atoms with Crippen molar-refractivity contribution in [3.05, 3.63) is 24.0 Å². The van der Waals surface area contributed by atoms with Crippen molar-refractivity contribution in [2.45, 2.75) is 37.7 Å². The van der Waals surface area contributed by atoms with Gasteiger partial charge in [-0.1, -0.05) is 12.8 Å². The van der Waals surface area contributed by atoms with Gasteiger partial charge in [0.25, 0.3) is 0 Å². The van der Waals surface area contributed by atoms with Crippen LogP contribution >= 0.6 is 0 Å². The zero-order valence-corrected chi connectivity index (χ0v) is 10.4. The largest absolute Gasteiger partial charge is 0.397 e. The lowest BCUT2D eigenvalue weighted by molar-refractivity contribution is -0.121. The molecule has 18 heavy (non-hydrogen) atoms. The second kappa shape index (κ2) is 5.35. The van der Waals surface area contributed by atoms with Crippen LogP contribution in [0.15, 0.2) is 18.3 Å². The standard InChI is InChI=1S/C13H19N3O2/c14-10-3-4-11(15-8-10)7-12(17)16-9-13(18)5-1-2-6-13/h3-4,8,18H,1-2,5-7,9,14H2,(H,16,17). The highest BCUT2D eigenvalue weighted by Crippen LogP contribution is 2.28. The van der Waals surface area contributed by atoms with Gasteiger partial charge in [-0.2, -0.15) is 0 Å². The van der Waals surface area contributed by atoms with Crippen molar-refractivity contribution in [2.75, 3.05) is 12.3 Å². The highest BCUT2D eigenvalue weighted by atomic mass is 16.3. The Balaban J connectivity index is 1.80. The fraction of sp³-hybridized carbons (Fsp3) is 0.538. The Kier molecular flexibility index (Phi) is 3.81. The number of aromatic nitrogens is 1. The minimum absolute atomic E-state index is 0.118. The molecule has 1 amide bonds. The number of carbonyl (C=O) groups is 1. The summed E-state index contributed by atoms with van der Waals surface area (Å²) in [5.41, 5.74) is 6.08. The molecule has 0 unspecified atom stereocenters. The summed E-state index contributed by atoms with van der Waals surface area (Å²) in [4.78, 5) is 15.8. The van der Waals surface area contributed by atoms with E-state index in [4.69, 9.17) is 5.73 Å². The third-order valence-electron chi connectivity index (χ3n) is 3.34. The number of pyridine rings is 1. The lowest BCUT2D eigenvalue weighted by Crippen LogP contribution is -2.41. The molecule has 0 radical (unpaired) electrons. The second-order valence-electron chi connectivity index (χ2n) is 4.97. The Hall–Kier alpha value is -1.62. The highest BCUT2D eigenvalue weighted by Gasteiger charge is 2.31. The molecule has 2 rings (SSSR count). The van der Waals surface area contributed by atoms with Gasteiger partial charge in [0, 0.05) is 12.2 Å². The van der Waals surface area contributed by atoms with E-state index in [1.807, 2.05) is 0 Å². The maximum Gasteiger partial charge on any atom is 0.226 e. The van der Waals surface area contributed by atoms with Gasteiger partial charge in [-0.15, -0.1) is 0 Å². The Morgan fingerprint density at radius 2 is 2.17 bits per heavy atom. The predicted molar refractivity (Wildman–Crippen MR) is 68.8 cm³/mol. The average molecular weight is 249 g/mol. The van der Waals surface area contributed by atoms with Crippen LogP contribution in [0, 0.1) is 0 Å². The van der Waals surface area contributed by atoms with Crippen LogP contribution in [0.25, 0.3) is 0 Å². The van der Waals surface area contributed by atoms with Crippen molar-refractivity contribution in [1.82, 2.24) is 10.3 Å². The van der Waals surface area contributed by atoms with E-state index in [0.29, 0.717) is 17.9 Å². The molecule has 1 aromatic rings. The Morgan fingerprint density at radius 1 is 1.44 bits per heavy atom. The fourth-order valence-corrected chi connectivity index (χ4v) is 2.24. The molecule has 5 nitrogen and oxygen atoms in total. The summed E-state index contributed by atoms with van der Waals surface area (Å²) in [5.74, 6) is -0.118. The first-order chi connectivity index (χ1) is 8.57. The van der Waals surface area contributed by atoms with Crippen LogP contribution in [0.1, 0.15) is 31.4 Å². The van der Waals surface area contributed by atoms with E-state index in [1.54, 1.807) is 12.1 Å². The normalized spacial score (nSPS) is 17.6. The summed E-state index contributed by atoms with van der Waals surface area (Å²) in [6.07, 6.45) is 5.36. The zero-order chi connectivity index (χ0) is 13.0. The van der Waals surface area contributed by atoms with E-state index < -0.39 is 5.60 Å². The van der Waals surface area contributed by atoms with Crippen molar-refractivity contribution < 1.29 is 9.90 Å². The van der Waals surface area contributed by atoms with Crippen LogP contribution in [0.4, 0.5) is 5.69 Å². The van der Waals surface area contributed by atoms with Crippen LogP contribution in [0.3, 0.4) is 0 Å². The molecule has 1 aromatic heterocycles. The molecule has 98 valence electrons. The monoisotopic (exact) mass is 249 g/mol. The van der Waals surface area contributed by atoms with E-state index >= 15 is 0 Å². The van der Waals surface area contributed by atoms with E-state index in [0.717, 1.165) is 25.7 Å². The zero-order valence-electron chi connectivity index (χ0n) is 10.4. The SMILES string of the molecule is Nc1ccc(CC(=O)NCC2(O)CCCC2)nc1. The number of nitrogens with zero attached hydrogens (tertiary/aromatic N) is 1. The number of aliphatic hydroxyl groups is 1. The van der Waals surface area contributed by atoms with Crippen LogP contribution in [-0.2, 0) is 11.2 Å². The maximum absolute atomic E-state index is 11.7. The van der Waals surface area contributed by atoms with E-state index in [9.17, 15) is 9.90 Å². The summed E-state index contributed by atoms with van der Waals surface area (Å²) < 4.78 is 0. The molecular weight excluding hydrogens is 230 g/mol. The number of carbonyl (C=O) groups excluding carboxylic acids is 1. The molecule has 1 heterocycles. The first-order valence-corrected chi connectivity index (χ1v) is 6.27. The minimum atomic E-state index is -0.704. The van der Waals surface area contributed by atoms with Gasteiger partial charge in [-0.25, -0.2) is 0 Å². The van der Waals surface area contributed by atoms with Crippen LogP contribution in [0.2, 0.25) is 0 Å². The van der Waals surface area contributed by atoms with Crippen LogP contribution in [-0.4, -0.2) is 28.1 Å². The lowest BCUT2D eigenvalue weighted by atomic mass is 10.0. The Bertz CT molecular complexity index is 411. The van der Waals surface area contributed by atoms with E-state index in [2.05, 4.69) is 10.3 Å². The molecule has 1 saturated carbocycles. The number of hydrogen-bond donors (Lipinski definition) is 3. The highest BCUT2D eigenvalue weighted by molar-refractivity contribution is 5.78. The molecular formula is C13H19N3O2. The molecule has 5 heteroatoms. The van der Waals surface area contributed by atoms with Crippen LogP contribution in [0.5, 0.6) is 0 Å². The second-order valence-corrected chi connectivity index (χ2v) is 4.97. The van der Waals surface area contributed by atoms with Crippen molar-refractivity contribution in [2.24, 2.45) is 0 Å². The number of nitrogen functional groups attached to an aromatic ring is 1. The Labute approximate surface area is 106 Å². The topological polar surface area (TPSA) is 88.2 Å². The molecule has 0 bridgehead atoms. The fourth-order valence-electron chi connectivity index (χ4n) is 2.24. The van der Waals surface area contributed by atoms with Gasteiger partial charge < -0.3 is 16.2 Å². The summed E-state index contributed by atoms with van der Waals surface area (Å²) in [6, 6.07) is 3.46. The number of rotatable bonds is 4. The summed E-state index contributed by atoms with van der Waals surface area (Å²) in [5, 5.41) is 12.9. The minimum Gasteiger partial charge on any atom is -0.397 e. The van der Waals surface area contributed by atoms with E-state index in [-0.39, 0.29) is 12.3 Å². The van der Waals surface area contributed by atoms with Gasteiger partial charge in [0.1, 0.15) is 0 Å². The third kappa shape index (κ3) is 3.43. The predicted octanol–water partition coefficient (Wildman–Crippen LogP) is 0.628. The molecule has 1 aliphatic rings. The number of anilines is 1. The van der Waals surface area contributed by atoms with Gasteiger partial charge >= 0.3 is 0 Å². The van der Waals surface area contributed by atoms with Gasteiger partial charge in [0.05, 0.1) is 23.9 Å². The van der Waals surface area contributed by atoms with Gasteiger partial charge in [-0.3, -0.25) is 9.78 Å². The summed E-state index contributed by atoms with van der Waals surface area (Å²) in [6.45, 7) is 0.334. The average Bonchev–Trinajstić information content (AvgIpc) is 2.78. The molecule has 4 N–H and O–H groups in total. The first kappa shape index (κ1) is 12.8. The quantitative estimate of drug-likeness (QED) is 0.730. The number of nitrogens with one attached hydrogen (secondary N) is 1.